The molecule has 2 heterocycles. The molecule has 0 amide bonds. The van der Waals surface area contributed by atoms with Crippen LogP contribution < -0.4 is 0 Å². The van der Waals surface area contributed by atoms with Gasteiger partial charge >= 0.3 is 5.97 Å². The Balaban J connectivity index is 2.17. The van der Waals surface area contributed by atoms with Crippen molar-refractivity contribution in [3.05, 3.63) is 5.82 Å². The molecular formula is C12H20N4O3. The Morgan fingerprint density at radius 1 is 1.53 bits per heavy atom. The van der Waals surface area contributed by atoms with Crippen molar-refractivity contribution < 1.29 is 14.6 Å². The number of aromatic nitrogens is 4. The molecule has 1 atom stereocenters. The summed E-state index contributed by atoms with van der Waals surface area (Å²) < 4.78 is 6.97. The molecular weight excluding hydrogens is 248 g/mol. The van der Waals surface area contributed by atoms with Crippen LogP contribution in [0.3, 0.4) is 0 Å². The van der Waals surface area contributed by atoms with Crippen LogP contribution >= 0.6 is 0 Å². The molecule has 0 spiro atoms. The van der Waals surface area contributed by atoms with Gasteiger partial charge in [-0.05, 0) is 36.6 Å². The zero-order chi connectivity index (χ0) is 13.9. The second-order valence-electron chi connectivity index (χ2n) is 5.30. The van der Waals surface area contributed by atoms with E-state index in [0.29, 0.717) is 26.2 Å². The highest BCUT2D eigenvalue weighted by Gasteiger charge is 2.34. The second kappa shape index (κ2) is 5.64. The smallest absolute Gasteiger partial charge is 0.311 e. The van der Waals surface area contributed by atoms with Gasteiger partial charge in [-0.3, -0.25) is 4.79 Å². The van der Waals surface area contributed by atoms with Crippen LogP contribution in [0.5, 0.6) is 0 Å². The molecule has 0 radical (unpaired) electrons. The van der Waals surface area contributed by atoms with Crippen LogP contribution in [0, 0.1) is 5.41 Å². The van der Waals surface area contributed by atoms with Crippen LogP contribution in [0.1, 0.15) is 44.9 Å². The van der Waals surface area contributed by atoms with Crippen LogP contribution in [-0.4, -0.2) is 44.5 Å². The molecule has 0 bridgehead atoms. The highest BCUT2D eigenvalue weighted by Crippen LogP contribution is 2.28. The summed E-state index contributed by atoms with van der Waals surface area (Å²) in [5.74, 6) is 0.228. The Morgan fingerprint density at radius 2 is 2.21 bits per heavy atom. The molecule has 106 valence electrons. The molecule has 7 nitrogen and oxygen atoms in total. The van der Waals surface area contributed by atoms with Gasteiger partial charge in [0.2, 0.25) is 0 Å². The molecule has 1 aliphatic heterocycles. The van der Waals surface area contributed by atoms with Crippen LogP contribution in [-0.2, 0) is 16.1 Å². The van der Waals surface area contributed by atoms with Gasteiger partial charge in [-0.15, -0.1) is 5.10 Å². The fourth-order valence-electron chi connectivity index (χ4n) is 2.23. The van der Waals surface area contributed by atoms with E-state index in [-0.39, 0.29) is 5.92 Å². The number of hydrogen-bond donors (Lipinski definition) is 1. The number of rotatable bonds is 5. The second-order valence-corrected chi connectivity index (χ2v) is 5.30. The number of nitrogens with zero attached hydrogens (tertiary/aromatic N) is 4. The van der Waals surface area contributed by atoms with Crippen LogP contribution in [0.25, 0.3) is 0 Å². The highest BCUT2D eigenvalue weighted by atomic mass is 16.5. The van der Waals surface area contributed by atoms with Gasteiger partial charge in [0, 0.05) is 19.1 Å². The Hall–Kier alpha value is -1.50. The number of aliphatic carboxylic acids is 1. The summed E-state index contributed by atoms with van der Waals surface area (Å²) in [5, 5.41) is 21.1. The molecule has 1 saturated heterocycles. The van der Waals surface area contributed by atoms with Crippen molar-refractivity contribution in [1.82, 2.24) is 20.2 Å². The molecule has 2 rings (SSSR count). The Bertz CT molecular complexity index is 442. The van der Waals surface area contributed by atoms with Crippen molar-refractivity contribution in [3.8, 4) is 0 Å². The van der Waals surface area contributed by atoms with Crippen molar-refractivity contribution in [2.45, 2.75) is 45.6 Å². The summed E-state index contributed by atoms with van der Waals surface area (Å²) in [6, 6.07) is 0. The van der Waals surface area contributed by atoms with E-state index < -0.39 is 11.4 Å². The summed E-state index contributed by atoms with van der Waals surface area (Å²) >= 11 is 0. The fourth-order valence-corrected chi connectivity index (χ4v) is 2.23. The van der Waals surface area contributed by atoms with Crippen molar-refractivity contribution in [2.75, 3.05) is 13.2 Å². The molecule has 1 N–H and O–H groups in total. The first-order valence-electron chi connectivity index (χ1n) is 6.64. The van der Waals surface area contributed by atoms with Gasteiger partial charge in [0.15, 0.2) is 5.82 Å². The first kappa shape index (κ1) is 13.9. The predicted octanol–water partition coefficient (Wildman–Crippen LogP) is 1.07. The monoisotopic (exact) mass is 268 g/mol. The van der Waals surface area contributed by atoms with Gasteiger partial charge in [0.25, 0.3) is 0 Å². The average Bonchev–Trinajstić information content (AvgIpc) is 2.87. The van der Waals surface area contributed by atoms with Gasteiger partial charge in [0.1, 0.15) is 0 Å². The van der Waals surface area contributed by atoms with Crippen molar-refractivity contribution in [1.29, 1.82) is 0 Å². The van der Waals surface area contributed by atoms with Gasteiger partial charge in [-0.1, -0.05) is 6.92 Å². The van der Waals surface area contributed by atoms with E-state index in [1.807, 2.05) is 6.92 Å². The lowest BCUT2D eigenvalue weighted by Gasteiger charge is -2.25. The van der Waals surface area contributed by atoms with Crippen molar-refractivity contribution >= 4 is 5.97 Å². The largest absolute Gasteiger partial charge is 0.481 e. The molecule has 1 fully saturated rings. The van der Waals surface area contributed by atoms with Gasteiger partial charge < -0.3 is 9.84 Å². The number of carboxylic acids is 1. The SMILES string of the molecule is CCC(C)(Cn1nnnc1C1CCOCC1)C(=O)O. The molecule has 0 aliphatic carbocycles. The minimum absolute atomic E-state index is 0.263. The Morgan fingerprint density at radius 3 is 2.79 bits per heavy atom. The molecule has 7 heteroatoms. The van der Waals surface area contributed by atoms with Crippen LogP contribution in [0.15, 0.2) is 0 Å². The molecule has 1 unspecified atom stereocenters. The quantitative estimate of drug-likeness (QED) is 0.859. The minimum Gasteiger partial charge on any atom is -0.481 e. The molecule has 1 aliphatic rings. The lowest BCUT2D eigenvalue weighted by molar-refractivity contribution is -0.149. The summed E-state index contributed by atoms with van der Waals surface area (Å²) in [6.45, 7) is 5.32. The normalized spacial score (nSPS) is 20.1. The maximum absolute atomic E-state index is 11.4. The van der Waals surface area contributed by atoms with E-state index in [9.17, 15) is 9.90 Å². The van der Waals surface area contributed by atoms with Gasteiger partial charge in [0.05, 0.1) is 12.0 Å². The summed E-state index contributed by atoms with van der Waals surface area (Å²) in [6.07, 6.45) is 2.31. The Labute approximate surface area is 111 Å². The summed E-state index contributed by atoms with van der Waals surface area (Å²) in [5.41, 5.74) is -0.838. The van der Waals surface area contributed by atoms with E-state index in [0.717, 1.165) is 18.7 Å². The third kappa shape index (κ3) is 2.91. The first-order chi connectivity index (χ1) is 9.07. The predicted molar refractivity (Wildman–Crippen MR) is 66.6 cm³/mol. The zero-order valence-electron chi connectivity index (χ0n) is 11.4. The number of tetrazole rings is 1. The lowest BCUT2D eigenvalue weighted by atomic mass is 9.87. The third-order valence-electron chi connectivity index (χ3n) is 3.94. The van der Waals surface area contributed by atoms with Crippen molar-refractivity contribution in [3.63, 3.8) is 0 Å². The zero-order valence-corrected chi connectivity index (χ0v) is 11.4. The van der Waals surface area contributed by atoms with E-state index in [1.54, 1.807) is 11.6 Å². The molecule has 1 aromatic rings. The molecule has 0 aromatic carbocycles. The number of carbonyl (C=O) groups is 1. The van der Waals surface area contributed by atoms with E-state index >= 15 is 0 Å². The lowest BCUT2D eigenvalue weighted by Crippen LogP contribution is -2.33. The molecule has 0 saturated carbocycles. The van der Waals surface area contributed by atoms with Crippen LogP contribution in [0.2, 0.25) is 0 Å². The number of ether oxygens (including phenoxy) is 1. The van der Waals surface area contributed by atoms with Crippen molar-refractivity contribution in [2.24, 2.45) is 5.41 Å². The van der Waals surface area contributed by atoms with Crippen LogP contribution in [0.4, 0.5) is 0 Å². The first-order valence-corrected chi connectivity index (χ1v) is 6.64. The third-order valence-corrected chi connectivity index (χ3v) is 3.94. The fraction of sp³-hybridized carbons (Fsp3) is 0.833. The van der Waals surface area contributed by atoms with E-state index in [1.165, 1.54) is 0 Å². The summed E-state index contributed by atoms with van der Waals surface area (Å²) in [4.78, 5) is 11.4. The standard InChI is InChI=1S/C12H20N4O3/c1-3-12(2,11(17)18)8-16-10(13-14-15-16)9-4-6-19-7-5-9/h9H,3-8H2,1-2H3,(H,17,18). The van der Waals surface area contributed by atoms with E-state index in [2.05, 4.69) is 15.5 Å². The van der Waals surface area contributed by atoms with Gasteiger partial charge in [-0.25, -0.2) is 4.68 Å². The van der Waals surface area contributed by atoms with Gasteiger partial charge in [-0.2, -0.15) is 0 Å². The maximum atomic E-state index is 11.4. The summed E-state index contributed by atoms with van der Waals surface area (Å²) in [7, 11) is 0. The minimum atomic E-state index is -0.838. The molecule has 19 heavy (non-hydrogen) atoms. The Kier molecular flexibility index (Phi) is 4.14. The number of hydrogen-bond acceptors (Lipinski definition) is 5. The highest BCUT2D eigenvalue weighted by molar-refractivity contribution is 5.73. The number of carboxylic acid groups (broad SMARTS) is 1. The molecule has 1 aromatic heterocycles. The maximum Gasteiger partial charge on any atom is 0.311 e. The topological polar surface area (TPSA) is 90.1 Å². The van der Waals surface area contributed by atoms with E-state index in [4.69, 9.17) is 4.74 Å². The average molecular weight is 268 g/mol.